The standard InChI is InChI=1S/C56H108NO8P/c1-6-8-10-12-14-16-18-20-22-24-26-28-30-32-34-36-38-40-42-44-46-48-55(58)62-52-54(53-64-66(60,61)63-51-50-57(3,4)5)65-56(59)49-47-45-43-41-39-37-35-33-31-29-27-25-23-21-19-17-15-13-11-9-7-2/h32-35,54H,6-31,36-53H2,1-5H3/p+1/b34-32-,35-33-. The highest BCUT2D eigenvalue weighted by atomic mass is 31.2. The average molecular weight is 955 g/mol. The Labute approximate surface area is 409 Å². The van der Waals surface area contributed by atoms with Gasteiger partial charge in [-0.05, 0) is 64.2 Å². The number of hydrogen-bond donors (Lipinski definition) is 1. The maximum Gasteiger partial charge on any atom is 0.472 e. The molecule has 0 aliphatic rings. The molecule has 66 heavy (non-hydrogen) atoms. The second-order valence-electron chi connectivity index (χ2n) is 20.3. The maximum absolute atomic E-state index is 12.8. The van der Waals surface area contributed by atoms with Crippen molar-refractivity contribution in [3.8, 4) is 0 Å². The lowest BCUT2D eigenvalue weighted by atomic mass is 10.0. The molecule has 0 spiro atoms. The van der Waals surface area contributed by atoms with Gasteiger partial charge in [0.2, 0.25) is 0 Å². The SMILES string of the molecule is CCCCCCCCCCCCCC/C=C\CCCCCCCC(=O)OCC(COP(=O)(O)OCC[N+](C)(C)C)OC(=O)CCCCCCC/C=C\CCCCCCCCCCCCCC. The molecule has 0 saturated heterocycles. The molecule has 0 saturated carbocycles. The predicted octanol–water partition coefficient (Wildman–Crippen LogP) is 17.0. The third kappa shape index (κ3) is 51.9. The summed E-state index contributed by atoms with van der Waals surface area (Å²) in [5.74, 6) is -0.805. The third-order valence-corrected chi connectivity index (χ3v) is 13.4. The predicted molar refractivity (Wildman–Crippen MR) is 280 cm³/mol. The Bertz CT molecular complexity index is 1170. The molecule has 0 amide bonds. The fourth-order valence-corrected chi connectivity index (χ4v) is 8.81. The summed E-state index contributed by atoms with van der Waals surface area (Å²) in [5.41, 5.74) is 0. The molecular formula is C56H109NO8P+. The zero-order chi connectivity index (χ0) is 48.5. The Balaban J connectivity index is 4.20. The fourth-order valence-electron chi connectivity index (χ4n) is 8.07. The molecule has 0 rings (SSSR count). The first-order valence-corrected chi connectivity index (χ1v) is 29.6. The van der Waals surface area contributed by atoms with E-state index in [0.717, 1.165) is 70.6 Å². The summed E-state index contributed by atoms with van der Waals surface area (Å²) in [7, 11) is 1.48. The highest BCUT2D eigenvalue weighted by Gasteiger charge is 2.27. The number of phosphoric acid groups is 1. The van der Waals surface area contributed by atoms with Crippen molar-refractivity contribution in [3.63, 3.8) is 0 Å². The number of quaternary nitrogens is 1. The fraction of sp³-hybridized carbons (Fsp3) is 0.893. The number of ether oxygens (including phenoxy) is 2. The van der Waals surface area contributed by atoms with Gasteiger partial charge < -0.3 is 18.9 Å². The van der Waals surface area contributed by atoms with Crippen LogP contribution in [0.4, 0.5) is 0 Å². The van der Waals surface area contributed by atoms with E-state index in [-0.39, 0.29) is 32.0 Å². The number of carbonyl (C=O) groups is 2. The average Bonchev–Trinajstić information content (AvgIpc) is 3.27. The largest absolute Gasteiger partial charge is 0.472 e. The van der Waals surface area contributed by atoms with Gasteiger partial charge in [0.05, 0.1) is 27.7 Å². The first-order chi connectivity index (χ1) is 32.0. The molecule has 0 bridgehead atoms. The van der Waals surface area contributed by atoms with Crippen LogP contribution < -0.4 is 0 Å². The van der Waals surface area contributed by atoms with Gasteiger partial charge in [0.1, 0.15) is 19.8 Å². The number of phosphoric ester groups is 1. The summed E-state index contributed by atoms with van der Waals surface area (Å²) >= 11 is 0. The number of rotatable bonds is 52. The molecule has 9 nitrogen and oxygen atoms in total. The van der Waals surface area contributed by atoms with Crippen molar-refractivity contribution in [2.24, 2.45) is 0 Å². The molecule has 2 atom stereocenters. The lowest BCUT2D eigenvalue weighted by Gasteiger charge is -2.24. The molecule has 10 heteroatoms. The van der Waals surface area contributed by atoms with Crippen molar-refractivity contribution in [1.29, 1.82) is 0 Å². The number of nitrogens with zero attached hydrogens (tertiary/aromatic N) is 1. The molecule has 0 aromatic heterocycles. The van der Waals surface area contributed by atoms with E-state index < -0.39 is 26.5 Å². The number of unbranched alkanes of at least 4 members (excludes halogenated alkanes) is 34. The minimum absolute atomic E-state index is 0.0304. The molecule has 0 radical (unpaired) electrons. The van der Waals surface area contributed by atoms with Crippen LogP contribution in [0.5, 0.6) is 0 Å². The van der Waals surface area contributed by atoms with E-state index in [4.69, 9.17) is 18.5 Å². The van der Waals surface area contributed by atoms with Gasteiger partial charge in [-0.1, -0.05) is 218 Å². The summed E-state index contributed by atoms with van der Waals surface area (Å²) in [6, 6.07) is 0. The lowest BCUT2D eigenvalue weighted by Crippen LogP contribution is -2.37. The minimum atomic E-state index is -4.38. The number of esters is 2. The number of likely N-dealkylation sites (N-methyl/N-ethyl adjacent to an activating group) is 1. The van der Waals surface area contributed by atoms with E-state index in [1.165, 1.54) is 167 Å². The Hall–Kier alpha value is -1.51. The first kappa shape index (κ1) is 64.5. The zero-order valence-corrected chi connectivity index (χ0v) is 45.1. The molecule has 0 aliphatic carbocycles. The molecule has 390 valence electrons. The number of hydrogen-bond acceptors (Lipinski definition) is 7. The van der Waals surface area contributed by atoms with Crippen molar-refractivity contribution in [3.05, 3.63) is 24.3 Å². The molecule has 0 aromatic carbocycles. The van der Waals surface area contributed by atoms with Gasteiger partial charge in [-0.2, -0.15) is 0 Å². The Kier molecular flexibility index (Phi) is 47.4. The molecule has 0 aromatic rings. The number of carbonyl (C=O) groups excluding carboxylic acids is 2. The molecule has 1 N–H and O–H groups in total. The summed E-state index contributed by atoms with van der Waals surface area (Å²) in [6.07, 6.45) is 56.7. The van der Waals surface area contributed by atoms with Crippen LogP contribution in [-0.4, -0.2) is 74.9 Å². The van der Waals surface area contributed by atoms with Crippen molar-refractivity contribution in [2.75, 3.05) is 47.5 Å². The van der Waals surface area contributed by atoms with Crippen LogP contribution in [0.15, 0.2) is 24.3 Å². The summed E-state index contributed by atoms with van der Waals surface area (Å²) in [5, 5.41) is 0. The van der Waals surface area contributed by atoms with Gasteiger partial charge in [-0.3, -0.25) is 18.6 Å². The van der Waals surface area contributed by atoms with E-state index in [1.807, 2.05) is 21.1 Å². The smallest absolute Gasteiger partial charge is 0.462 e. The van der Waals surface area contributed by atoms with Crippen LogP contribution in [0.1, 0.15) is 271 Å². The van der Waals surface area contributed by atoms with Crippen molar-refractivity contribution >= 4 is 19.8 Å². The first-order valence-electron chi connectivity index (χ1n) is 28.1. The van der Waals surface area contributed by atoms with Crippen LogP contribution in [0, 0.1) is 0 Å². The van der Waals surface area contributed by atoms with Crippen LogP contribution in [0.2, 0.25) is 0 Å². The summed E-state index contributed by atoms with van der Waals surface area (Å²) < 4.78 is 34.5. The maximum atomic E-state index is 12.8. The van der Waals surface area contributed by atoms with E-state index in [0.29, 0.717) is 17.4 Å². The van der Waals surface area contributed by atoms with Crippen molar-refractivity contribution < 1.29 is 42.1 Å². The van der Waals surface area contributed by atoms with Crippen LogP contribution in [0.25, 0.3) is 0 Å². The highest BCUT2D eigenvalue weighted by Crippen LogP contribution is 2.43. The zero-order valence-electron chi connectivity index (χ0n) is 44.2. The van der Waals surface area contributed by atoms with E-state index in [2.05, 4.69) is 38.2 Å². The monoisotopic (exact) mass is 955 g/mol. The summed E-state index contributed by atoms with van der Waals surface area (Å²) in [4.78, 5) is 35.6. The van der Waals surface area contributed by atoms with Crippen molar-refractivity contribution in [1.82, 2.24) is 0 Å². The molecule has 0 fully saturated rings. The Morgan fingerprint density at radius 2 is 0.773 bits per heavy atom. The number of allylic oxidation sites excluding steroid dienone is 4. The minimum Gasteiger partial charge on any atom is -0.462 e. The summed E-state index contributed by atoms with van der Waals surface area (Å²) in [6.45, 7) is 4.46. The highest BCUT2D eigenvalue weighted by molar-refractivity contribution is 7.47. The van der Waals surface area contributed by atoms with E-state index in [9.17, 15) is 19.0 Å². The van der Waals surface area contributed by atoms with Gasteiger partial charge in [-0.15, -0.1) is 0 Å². The Morgan fingerprint density at radius 1 is 0.455 bits per heavy atom. The van der Waals surface area contributed by atoms with Crippen LogP contribution in [0.3, 0.4) is 0 Å². The second kappa shape index (κ2) is 48.5. The second-order valence-corrected chi connectivity index (χ2v) is 21.8. The quantitative estimate of drug-likeness (QED) is 0.0211. The molecule has 0 aliphatic heterocycles. The third-order valence-electron chi connectivity index (χ3n) is 12.5. The van der Waals surface area contributed by atoms with E-state index in [1.54, 1.807) is 0 Å². The van der Waals surface area contributed by atoms with Gasteiger partial charge in [0.15, 0.2) is 6.10 Å². The van der Waals surface area contributed by atoms with Crippen LogP contribution >= 0.6 is 7.82 Å². The normalized spacial score (nSPS) is 13.5. The lowest BCUT2D eigenvalue weighted by molar-refractivity contribution is -0.870. The van der Waals surface area contributed by atoms with Gasteiger partial charge in [-0.25, -0.2) is 4.57 Å². The van der Waals surface area contributed by atoms with E-state index >= 15 is 0 Å². The molecule has 2 unspecified atom stereocenters. The van der Waals surface area contributed by atoms with Gasteiger partial charge >= 0.3 is 19.8 Å². The Morgan fingerprint density at radius 3 is 1.12 bits per heavy atom. The van der Waals surface area contributed by atoms with Crippen molar-refractivity contribution in [2.45, 2.75) is 277 Å². The topological polar surface area (TPSA) is 108 Å². The van der Waals surface area contributed by atoms with Crippen LogP contribution in [-0.2, 0) is 32.7 Å². The molecule has 0 heterocycles. The van der Waals surface area contributed by atoms with Gasteiger partial charge in [0.25, 0.3) is 0 Å². The molecular weight excluding hydrogens is 846 g/mol. The van der Waals surface area contributed by atoms with Gasteiger partial charge in [0, 0.05) is 12.8 Å².